The fraction of sp³-hybridized carbons (Fsp3) is 0.667. The maximum Gasteiger partial charge on any atom is 0.293 e. The van der Waals surface area contributed by atoms with Crippen molar-refractivity contribution in [3.05, 3.63) is 22.7 Å². The maximum atomic E-state index is 11.9. The van der Waals surface area contributed by atoms with E-state index in [9.17, 15) is 4.79 Å². The van der Waals surface area contributed by atoms with Crippen molar-refractivity contribution in [2.75, 3.05) is 25.6 Å². The third-order valence-electron chi connectivity index (χ3n) is 2.45. The molecule has 0 unspecified atom stereocenters. The Kier molecular flexibility index (Phi) is 6.32. The summed E-state index contributed by atoms with van der Waals surface area (Å²) >= 11 is 0. The molecule has 0 saturated carbocycles. The standard InChI is InChI=1S/C12H21N3O2/c1-3-8-15-9-7-14-11(12(15)16)13-6-4-5-10-17-2/h7,9H,3-6,8,10H2,1-2H3,(H,13,14). The molecule has 0 fully saturated rings. The molecule has 1 aromatic rings. The van der Waals surface area contributed by atoms with E-state index in [4.69, 9.17) is 4.74 Å². The predicted molar refractivity (Wildman–Crippen MR) is 68.4 cm³/mol. The van der Waals surface area contributed by atoms with E-state index >= 15 is 0 Å². The zero-order valence-electron chi connectivity index (χ0n) is 10.6. The minimum Gasteiger partial charge on any atom is -0.385 e. The molecule has 0 aromatic carbocycles. The number of ether oxygens (including phenoxy) is 1. The largest absolute Gasteiger partial charge is 0.385 e. The van der Waals surface area contributed by atoms with E-state index < -0.39 is 0 Å². The van der Waals surface area contributed by atoms with Gasteiger partial charge in [-0.25, -0.2) is 4.98 Å². The first-order chi connectivity index (χ1) is 8.29. The molecule has 0 aliphatic carbocycles. The number of nitrogens with one attached hydrogen (secondary N) is 1. The Hall–Kier alpha value is -1.36. The van der Waals surface area contributed by atoms with E-state index in [-0.39, 0.29) is 5.56 Å². The van der Waals surface area contributed by atoms with E-state index in [0.29, 0.717) is 5.82 Å². The molecule has 1 N–H and O–H groups in total. The second-order valence-corrected chi connectivity index (χ2v) is 3.90. The number of aryl methyl sites for hydroxylation is 1. The minimum atomic E-state index is -0.0407. The summed E-state index contributed by atoms with van der Waals surface area (Å²) in [7, 11) is 1.69. The van der Waals surface area contributed by atoms with Gasteiger partial charge in [0.1, 0.15) is 0 Å². The zero-order valence-corrected chi connectivity index (χ0v) is 10.6. The summed E-state index contributed by atoms with van der Waals surface area (Å²) in [5, 5.41) is 3.07. The highest BCUT2D eigenvalue weighted by molar-refractivity contribution is 5.30. The average Bonchev–Trinajstić information content (AvgIpc) is 2.33. The van der Waals surface area contributed by atoms with Crippen LogP contribution in [0, 0.1) is 0 Å². The SMILES string of the molecule is CCCn1ccnc(NCCCCOC)c1=O. The Bertz CT molecular complexity index is 376. The summed E-state index contributed by atoms with van der Waals surface area (Å²) in [6, 6.07) is 0. The van der Waals surface area contributed by atoms with Crippen molar-refractivity contribution in [1.82, 2.24) is 9.55 Å². The van der Waals surface area contributed by atoms with Gasteiger partial charge >= 0.3 is 0 Å². The van der Waals surface area contributed by atoms with Crippen molar-refractivity contribution in [2.45, 2.75) is 32.7 Å². The van der Waals surface area contributed by atoms with Crippen LogP contribution in [0.3, 0.4) is 0 Å². The van der Waals surface area contributed by atoms with Gasteiger partial charge in [0.25, 0.3) is 5.56 Å². The van der Waals surface area contributed by atoms with Gasteiger partial charge in [-0.2, -0.15) is 0 Å². The Labute approximate surface area is 102 Å². The second-order valence-electron chi connectivity index (χ2n) is 3.90. The predicted octanol–water partition coefficient (Wildman–Crippen LogP) is 1.49. The highest BCUT2D eigenvalue weighted by Crippen LogP contribution is 1.96. The quantitative estimate of drug-likeness (QED) is 0.698. The summed E-state index contributed by atoms with van der Waals surface area (Å²) in [6.07, 6.45) is 6.28. The van der Waals surface area contributed by atoms with Crippen LogP contribution in [-0.2, 0) is 11.3 Å². The summed E-state index contributed by atoms with van der Waals surface area (Å²) in [5.41, 5.74) is -0.0407. The van der Waals surface area contributed by atoms with Crippen molar-refractivity contribution in [2.24, 2.45) is 0 Å². The number of rotatable bonds is 8. The highest BCUT2D eigenvalue weighted by Gasteiger charge is 2.02. The Morgan fingerprint density at radius 2 is 2.29 bits per heavy atom. The minimum absolute atomic E-state index is 0.0407. The zero-order chi connectivity index (χ0) is 12.5. The maximum absolute atomic E-state index is 11.9. The monoisotopic (exact) mass is 239 g/mol. The molecule has 1 rings (SSSR count). The Morgan fingerprint density at radius 3 is 3.00 bits per heavy atom. The molecule has 0 aliphatic rings. The molecule has 1 heterocycles. The summed E-state index contributed by atoms with van der Waals surface area (Å²) in [5.74, 6) is 0.443. The Balaban J connectivity index is 2.48. The number of methoxy groups -OCH3 is 1. The average molecular weight is 239 g/mol. The lowest BCUT2D eigenvalue weighted by Crippen LogP contribution is -2.24. The molecular weight excluding hydrogens is 218 g/mol. The van der Waals surface area contributed by atoms with Crippen LogP contribution >= 0.6 is 0 Å². The molecule has 0 atom stereocenters. The fourth-order valence-corrected chi connectivity index (χ4v) is 1.56. The van der Waals surface area contributed by atoms with E-state index in [1.165, 1.54) is 0 Å². The van der Waals surface area contributed by atoms with Crippen molar-refractivity contribution in [3.63, 3.8) is 0 Å². The van der Waals surface area contributed by atoms with Gasteiger partial charge in [-0.05, 0) is 19.3 Å². The van der Waals surface area contributed by atoms with Crippen LogP contribution in [0.5, 0.6) is 0 Å². The first-order valence-corrected chi connectivity index (χ1v) is 6.07. The number of anilines is 1. The van der Waals surface area contributed by atoms with Gasteiger partial charge in [0.05, 0.1) is 0 Å². The molecule has 5 nitrogen and oxygen atoms in total. The second kappa shape index (κ2) is 7.84. The number of hydrogen-bond donors (Lipinski definition) is 1. The number of unbranched alkanes of at least 4 members (excludes halogenated alkanes) is 1. The summed E-state index contributed by atoms with van der Waals surface area (Å²) in [4.78, 5) is 16.0. The van der Waals surface area contributed by atoms with Crippen LogP contribution in [0.2, 0.25) is 0 Å². The molecule has 0 aliphatic heterocycles. The third-order valence-corrected chi connectivity index (χ3v) is 2.45. The first-order valence-electron chi connectivity index (χ1n) is 6.07. The topological polar surface area (TPSA) is 56.1 Å². The van der Waals surface area contributed by atoms with Crippen LogP contribution in [-0.4, -0.2) is 29.8 Å². The van der Waals surface area contributed by atoms with Crippen LogP contribution in [0.1, 0.15) is 26.2 Å². The Morgan fingerprint density at radius 1 is 1.47 bits per heavy atom. The van der Waals surface area contributed by atoms with Crippen LogP contribution in [0.25, 0.3) is 0 Å². The van der Waals surface area contributed by atoms with Gasteiger partial charge in [0.15, 0.2) is 5.82 Å². The molecule has 0 radical (unpaired) electrons. The lowest BCUT2D eigenvalue weighted by molar-refractivity contribution is 0.194. The molecule has 17 heavy (non-hydrogen) atoms. The number of hydrogen-bond acceptors (Lipinski definition) is 4. The lowest BCUT2D eigenvalue weighted by Gasteiger charge is -2.07. The van der Waals surface area contributed by atoms with Crippen LogP contribution < -0.4 is 10.9 Å². The van der Waals surface area contributed by atoms with E-state index in [1.807, 2.05) is 6.92 Å². The number of aromatic nitrogens is 2. The van der Waals surface area contributed by atoms with Crippen LogP contribution in [0.15, 0.2) is 17.2 Å². The smallest absolute Gasteiger partial charge is 0.293 e. The highest BCUT2D eigenvalue weighted by atomic mass is 16.5. The van der Waals surface area contributed by atoms with E-state index in [0.717, 1.165) is 39.0 Å². The molecular formula is C12H21N3O2. The third kappa shape index (κ3) is 4.56. The molecule has 0 amide bonds. The van der Waals surface area contributed by atoms with Gasteiger partial charge in [-0.3, -0.25) is 4.79 Å². The van der Waals surface area contributed by atoms with Crippen molar-refractivity contribution in [3.8, 4) is 0 Å². The van der Waals surface area contributed by atoms with Gasteiger partial charge in [-0.1, -0.05) is 6.92 Å². The van der Waals surface area contributed by atoms with Gasteiger partial charge in [0.2, 0.25) is 0 Å². The molecule has 0 spiro atoms. The molecule has 96 valence electrons. The van der Waals surface area contributed by atoms with Gasteiger partial charge in [0, 0.05) is 39.2 Å². The lowest BCUT2D eigenvalue weighted by atomic mass is 10.3. The molecule has 1 aromatic heterocycles. The van der Waals surface area contributed by atoms with Crippen molar-refractivity contribution >= 4 is 5.82 Å². The fourth-order valence-electron chi connectivity index (χ4n) is 1.56. The van der Waals surface area contributed by atoms with Crippen LogP contribution in [0.4, 0.5) is 5.82 Å². The van der Waals surface area contributed by atoms with Gasteiger partial charge < -0.3 is 14.6 Å². The normalized spacial score (nSPS) is 10.5. The van der Waals surface area contributed by atoms with Gasteiger partial charge in [-0.15, -0.1) is 0 Å². The molecule has 0 bridgehead atoms. The first kappa shape index (κ1) is 13.7. The van der Waals surface area contributed by atoms with E-state index in [2.05, 4.69) is 10.3 Å². The molecule has 0 saturated heterocycles. The molecule has 5 heteroatoms. The summed E-state index contributed by atoms with van der Waals surface area (Å²) < 4.78 is 6.64. The van der Waals surface area contributed by atoms with E-state index in [1.54, 1.807) is 24.1 Å². The van der Waals surface area contributed by atoms with Crippen molar-refractivity contribution in [1.29, 1.82) is 0 Å². The summed E-state index contributed by atoms with van der Waals surface area (Å²) in [6.45, 7) is 4.29. The number of nitrogens with zero attached hydrogens (tertiary/aromatic N) is 2. The van der Waals surface area contributed by atoms with Crippen molar-refractivity contribution < 1.29 is 4.74 Å².